The van der Waals surface area contributed by atoms with Crippen molar-refractivity contribution in [2.45, 2.75) is 26.0 Å². The number of rotatable bonds is 6. The number of ether oxygens (including phenoxy) is 1. The predicted molar refractivity (Wildman–Crippen MR) is 144 cm³/mol. The zero-order chi connectivity index (χ0) is 26.5. The summed E-state index contributed by atoms with van der Waals surface area (Å²) in [5.74, 6) is 1.08. The van der Waals surface area contributed by atoms with Crippen molar-refractivity contribution >= 4 is 23.4 Å². The van der Waals surface area contributed by atoms with Crippen molar-refractivity contribution in [3.63, 3.8) is 0 Å². The Kier molecular flexibility index (Phi) is 7.81. The summed E-state index contributed by atoms with van der Waals surface area (Å²) in [5.41, 5.74) is 3.85. The molecule has 3 amide bonds. The Labute approximate surface area is 221 Å². The fourth-order valence-corrected chi connectivity index (χ4v) is 4.75. The van der Waals surface area contributed by atoms with Gasteiger partial charge in [-0.1, -0.05) is 30.3 Å². The minimum Gasteiger partial charge on any atom is -0.378 e. The summed E-state index contributed by atoms with van der Waals surface area (Å²) in [4.78, 5) is 38.8. The summed E-state index contributed by atoms with van der Waals surface area (Å²) in [6.45, 7) is 5.89. The zero-order valence-electron chi connectivity index (χ0n) is 21.4. The molecule has 1 fully saturated rings. The Morgan fingerprint density at radius 2 is 1.76 bits per heavy atom. The van der Waals surface area contributed by atoms with Gasteiger partial charge in [0.25, 0.3) is 5.91 Å². The van der Waals surface area contributed by atoms with E-state index >= 15 is 0 Å². The fraction of sp³-hybridized carbons (Fsp3) is 0.357. The average Bonchev–Trinajstić information content (AvgIpc) is 2.97. The molecule has 1 saturated heterocycles. The second-order valence-electron chi connectivity index (χ2n) is 9.28. The van der Waals surface area contributed by atoms with E-state index in [4.69, 9.17) is 14.7 Å². The summed E-state index contributed by atoms with van der Waals surface area (Å²) < 4.78 is 5.55. The van der Waals surface area contributed by atoms with Crippen LogP contribution in [0.1, 0.15) is 29.8 Å². The average molecular weight is 517 g/mol. The van der Waals surface area contributed by atoms with Crippen LogP contribution in [-0.2, 0) is 22.5 Å². The maximum absolute atomic E-state index is 13.2. The van der Waals surface area contributed by atoms with Crippen molar-refractivity contribution in [2.75, 3.05) is 49.6 Å². The summed E-state index contributed by atoms with van der Waals surface area (Å²) in [7, 11) is 0. The number of nitrogens with one attached hydrogen (secondary N) is 2. The zero-order valence-corrected chi connectivity index (χ0v) is 21.4. The number of urea groups is 1. The molecule has 0 unspecified atom stereocenters. The van der Waals surface area contributed by atoms with E-state index in [0.29, 0.717) is 56.3 Å². The maximum atomic E-state index is 13.2. The first-order valence-corrected chi connectivity index (χ1v) is 12.9. The third kappa shape index (κ3) is 5.61. The fourth-order valence-electron chi connectivity index (χ4n) is 4.75. The van der Waals surface area contributed by atoms with Crippen LogP contribution >= 0.6 is 0 Å². The van der Waals surface area contributed by atoms with Crippen LogP contribution < -0.4 is 15.5 Å². The Morgan fingerprint density at radius 3 is 2.47 bits per heavy atom. The van der Waals surface area contributed by atoms with Gasteiger partial charge < -0.3 is 30.3 Å². The summed E-state index contributed by atoms with van der Waals surface area (Å²) in [5, 5.41) is 16.2. The van der Waals surface area contributed by atoms with Crippen molar-refractivity contribution in [2.24, 2.45) is 0 Å². The molecule has 198 valence electrons. The van der Waals surface area contributed by atoms with Gasteiger partial charge in [-0.2, -0.15) is 0 Å². The van der Waals surface area contributed by atoms with E-state index in [2.05, 4.69) is 15.5 Å². The van der Waals surface area contributed by atoms with Gasteiger partial charge in [0.1, 0.15) is 5.82 Å². The molecule has 0 radical (unpaired) electrons. The number of morpholine rings is 1. The molecule has 10 heteroatoms. The largest absolute Gasteiger partial charge is 0.378 e. The molecule has 5 rings (SSSR count). The molecular weight excluding hydrogens is 484 g/mol. The number of hydrogen-bond acceptors (Lipinski definition) is 7. The van der Waals surface area contributed by atoms with Crippen LogP contribution in [-0.4, -0.2) is 71.3 Å². The maximum Gasteiger partial charge on any atom is 0.319 e. The third-order valence-electron chi connectivity index (χ3n) is 6.75. The van der Waals surface area contributed by atoms with Gasteiger partial charge in [-0.05, 0) is 43.2 Å². The monoisotopic (exact) mass is 516 g/mol. The molecule has 1 aromatic heterocycles. The molecule has 38 heavy (non-hydrogen) atoms. The van der Waals surface area contributed by atoms with Gasteiger partial charge in [0, 0.05) is 43.0 Å². The molecule has 0 bridgehead atoms. The second-order valence-corrected chi connectivity index (χ2v) is 9.28. The number of fused-ring (bicyclic) bond motifs is 1. The lowest BCUT2D eigenvalue weighted by Gasteiger charge is -2.34. The topological polar surface area (TPSA) is 120 Å². The quantitative estimate of drug-likeness (QED) is 0.461. The number of nitrogens with zero attached hydrogens (tertiary/aromatic N) is 4. The molecule has 1 atom stereocenters. The molecule has 2 aliphatic heterocycles. The first kappa shape index (κ1) is 25.6. The Hall–Kier alpha value is -4.02. The Bertz CT molecular complexity index is 1280. The van der Waals surface area contributed by atoms with Gasteiger partial charge in [0.2, 0.25) is 0 Å². The molecule has 0 aliphatic carbocycles. The van der Waals surface area contributed by atoms with Crippen LogP contribution in [0.3, 0.4) is 0 Å². The normalized spacial score (nSPS) is 15.9. The highest BCUT2D eigenvalue weighted by Crippen LogP contribution is 2.31. The van der Waals surface area contributed by atoms with Crippen molar-refractivity contribution in [3.8, 4) is 11.4 Å². The van der Waals surface area contributed by atoms with Gasteiger partial charge in [-0.15, -0.1) is 0 Å². The lowest BCUT2D eigenvalue weighted by Crippen LogP contribution is -2.42. The second kappa shape index (κ2) is 11.6. The van der Waals surface area contributed by atoms with E-state index in [1.165, 1.54) is 0 Å². The van der Waals surface area contributed by atoms with Gasteiger partial charge >= 0.3 is 6.03 Å². The van der Waals surface area contributed by atoms with Crippen LogP contribution in [0.4, 0.5) is 16.3 Å². The molecule has 3 heterocycles. The van der Waals surface area contributed by atoms with Gasteiger partial charge in [-0.3, -0.25) is 4.79 Å². The van der Waals surface area contributed by atoms with E-state index in [9.17, 15) is 14.7 Å². The number of carbonyl (C=O) groups is 2. The lowest BCUT2D eigenvalue weighted by atomic mass is 10.0. The number of aromatic nitrogens is 2. The molecule has 3 aromatic rings. The number of amides is 3. The molecule has 2 aromatic carbocycles. The SMILES string of the molecule is CCNC(=O)Nc1ccc(-c2nc3c(c(N4CCOCC4)n2)CCN(C(=O)[C@@H](O)c2ccccc2)C3)cc1. The summed E-state index contributed by atoms with van der Waals surface area (Å²) in [6.07, 6.45) is -0.618. The van der Waals surface area contributed by atoms with Gasteiger partial charge in [0.05, 0.1) is 25.5 Å². The van der Waals surface area contributed by atoms with Crippen molar-refractivity contribution in [3.05, 3.63) is 71.4 Å². The Balaban J connectivity index is 1.44. The molecule has 10 nitrogen and oxygen atoms in total. The lowest BCUT2D eigenvalue weighted by molar-refractivity contribution is -0.141. The minimum atomic E-state index is -1.22. The molecule has 0 saturated carbocycles. The number of anilines is 2. The van der Waals surface area contributed by atoms with Gasteiger partial charge in [-0.25, -0.2) is 14.8 Å². The van der Waals surface area contributed by atoms with Crippen molar-refractivity contribution in [1.29, 1.82) is 0 Å². The van der Waals surface area contributed by atoms with Crippen LogP contribution in [0.5, 0.6) is 0 Å². The molecule has 0 spiro atoms. The van der Waals surface area contributed by atoms with Crippen LogP contribution in [0.25, 0.3) is 11.4 Å². The molecule has 3 N–H and O–H groups in total. The predicted octanol–water partition coefficient (Wildman–Crippen LogP) is 2.74. The number of aliphatic hydroxyl groups is 1. The highest BCUT2D eigenvalue weighted by molar-refractivity contribution is 5.89. The van der Waals surface area contributed by atoms with E-state index in [1.54, 1.807) is 17.0 Å². The highest BCUT2D eigenvalue weighted by Gasteiger charge is 2.31. The van der Waals surface area contributed by atoms with Crippen molar-refractivity contribution in [1.82, 2.24) is 20.2 Å². The molecular formula is C28H32N6O4. The highest BCUT2D eigenvalue weighted by atomic mass is 16.5. The summed E-state index contributed by atoms with van der Waals surface area (Å²) in [6, 6.07) is 16.1. The van der Waals surface area contributed by atoms with Crippen LogP contribution in [0, 0.1) is 0 Å². The Morgan fingerprint density at radius 1 is 1.03 bits per heavy atom. The number of carbonyl (C=O) groups excluding carboxylic acids is 2. The van der Waals surface area contributed by atoms with Crippen molar-refractivity contribution < 1.29 is 19.4 Å². The smallest absolute Gasteiger partial charge is 0.319 e. The standard InChI is InChI=1S/C28H32N6O4/c1-2-29-28(37)30-21-10-8-20(9-11-21)25-31-23-18-34(27(36)24(35)19-6-4-3-5-7-19)13-12-22(23)26(32-25)33-14-16-38-17-15-33/h3-11,24,35H,2,12-18H2,1H3,(H2,29,30,37)/t24-/m0/s1. The van der Waals surface area contributed by atoms with E-state index in [-0.39, 0.29) is 11.9 Å². The third-order valence-corrected chi connectivity index (χ3v) is 6.75. The number of aliphatic hydroxyl groups excluding tert-OH is 1. The van der Waals surface area contributed by atoms with Crippen LogP contribution in [0.2, 0.25) is 0 Å². The first-order chi connectivity index (χ1) is 18.5. The number of hydrogen-bond donors (Lipinski definition) is 3. The van der Waals surface area contributed by atoms with E-state index in [0.717, 1.165) is 35.7 Å². The summed E-state index contributed by atoms with van der Waals surface area (Å²) >= 11 is 0. The van der Waals surface area contributed by atoms with E-state index in [1.807, 2.05) is 49.4 Å². The first-order valence-electron chi connectivity index (χ1n) is 12.9. The van der Waals surface area contributed by atoms with E-state index < -0.39 is 6.10 Å². The molecule has 2 aliphatic rings. The van der Waals surface area contributed by atoms with Gasteiger partial charge in [0.15, 0.2) is 11.9 Å². The minimum absolute atomic E-state index is 0.262. The van der Waals surface area contributed by atoms with Crippen LogP contribution in [0.15, 0.2) is 54.6 Å². The number of benzene rings is 2.